The topological polar surface area (TPSA) is 0 Å². The molecule has 0 radical (unpaired) electrons. The van der Waals surface area contributed by atoms with Gasteiger partial charge in [-0.15, -0.1) is 0 Å². The minimum atomic E-state index is 0.653. The molecule has 1 saturated carbocycles. The third-order valence-corrected chi connectivity index (χ3v) is 4.21. The average molecular weight is 168 g/mol. The molecule has 1 rings (SSSR count). The third-order valence-electron chi connectivity index (χ3n) is 4.21. The second-order valence-electron chi connectivity index (χ2n) is 4.70. The van der Waals surface area contributed by atoms with Crippen LogP contribution < -0.4 is 0 Å². The Bertz CT molecular complexity index is 116. The lowest BCUT2D eigenvalue weighted by atomic mass is 9.67. The van der Waals surface area contributed by atoms with Crippen molar-refractivity contribution in [2.75, 3.05) is 0 Å². The summed E-state index contributed by atoms with van der Waals surface area (Å²) in [6, 6.07) is 0. The van der Waals surface area contributed by atoms with Crippen molar-refractivity contribution in [2.45, 2.75) is 65.7 Å². The summed E-state index contributed by atoms with van der Waals surface area (Å²) in [6.45, 7) is 7.21. The second kappa shape index (κ2) is 4.30. The highest BCUT2D eigenvalue weighted by Gasteiger charge is 2.31. The monoisotopic (exact) mass is 168 g/mol. The summed E-state index contributed by atoms with van der Waals surface area (Å²) in [7, 11) is 0. The van der Waals surface area contributed by atoms with Gasteiger partial charge in [-0.25, -0.2) is 0 Å². The molecule has 0 unspecified atom stereocenters. The van der Waals surface area contributed by atoms with E-state index in [2.05, 4.69) is 20.8 Å². The Labute approximate surface area is 77.7 Å². The van der Waals surface area contributed by atoms with Crippen LogP contribution in [-0.2, 0) is 0 Å². The molecule has 0 aliphatic heterocycles. The summed E-state index contributed by atoms with van der Waals surface area (Å²) < 4.78 is 0. The molecule has 0 saturated heterocycles. The lowest BCUT2D eigenvalue weighted by molar-refractivity contribution is 0.125. The van der Waals surface area contributed by atoms with Crippen molar-refractivity contribution in [3.8, 4) is 0 Å². The smallest absolute Gasteiger partial charge is 0.0303 e. The lowest BCUT2D eigenvalue weighted by Gasteiger charge is -2.38. The second-order valence-corrected chi connectivity index (χ2v) is 4.70. The van der Waals surface area contributed by atoms with Crippen molar-refractivity contribution in [2.24, 2.45) is 11.3 Å². The molecular formula is C12H24. The summed E-state index contributed by atoms with van der Waals surface area (Å²) >= 11 is 0. The van der Waals surface area contributed by atoms with Crippen LogP contribution in [-0.4, -0.2) is 0 Å². The fourth-order valence-corrected chi connectivity index (χ4v) is 2.63. The molecule has 0 heteroatoms. The predicted molar refractivity (Wildman–Crippen MR) is 55.3 cm³/mol. The fraction of sp³-hybridized carbons (Fsp3) is 1.00. The van der Waals surface area contributed by atoms with Crippen LogP contribution in [0.3, 0.4) is 0 Å². The maximum absolute atomic E-state index is 2.49. The van der Waals surface area contributed by atoms with E-state index in [0.717, 1.165) is 5.92 Å². The molecule has 0 nitrogen and oxygen atoms in total. The molecule has 1 aliphatic rings. The van der Waals surface area contributed by atoms with Crippen LogP contribution in [0.25, 0.3) is 0 Å². The van der Waals surface area contributed by atoms with Crippen molar-refractivity contribution < 1.29 is 0 Å². The Morgan fingerprint density at radius 3 is 1.92 bits per heavy atom. The zero-order valence-corrected chi connectivity index (χ0v) is 9.03. The predicted octanol–water partition coefficient (Wildman–Crippen LogP) is 4.39. The lowest BCUT2D eigenvalue weighted by Crippen LogP contribution is -2.27. The molecule has 0 spiro atoms. The first-order chi connectivity index (χ1) is 5.73. The van der Waals surface area contributed by atoms with E-state index < -0.39 is 0 Å². The van der Waals surface area contributed by atoms with Gasteiger partial charge in [0, 0.05) is 0 Å². The fourth-order valence-electron chi connectivity index (χ4n) is 2.63. The van der Waals surface area contributed by atoms with E-state index in [4.69, 9.17) is 0 Å². The van der Waals surface area contributed by atoms with E-state index in [1.807, 2.05) is 0 Å². The number of hydrogen-bond acceptors (Lipinski definition) is 0. The van der Waals surface area contributed by atoms with Crippen LogP contribution in [0.1, 0.15) is 65.7 Å². The van der Waals surface area contributed by atoms with Crippen LogP contribution in [0, 0.1) is 11.3 Å². The van der Waals surface area contributed by atoms with Gasteiger partial charge in [0.25, 0.3) is 0 Å². The molecule has 0 N–H and O–H groups in total. The van der Waals surface area contributed by atoms with Crippen molar-refractivity contribution in [1.82, 2.24) is 0 Å². The molecule has 0 bridgehead atoms. The van der Waals surface area contributed by atoms with Crippen LogP contribution in [0.15, 0.2) is 0 Å². The first-order valence-corrected chi connectivity index (χ1v) is 5.73. The van der Waals surface area contributed by atoms with E-state index in [1.54, 1.807) is 0 Å². The van der Waals surface area contributed by atoms with Crippen LogP contribution in [0.4, 0.5) is 0 Å². The van der Waals surface area contributed by atoms with Crippen LogP contribution in [0.5, 0.6) is 0 Å². The van der Waals surface area contributed by atoms with Crippen molar-refractivity contribution in [3.63, 3.8) is 0 Å². The Kier molecular flexibility index (Phi) is 3.61. The van der Waals surface area contributed by atoms with Gasteiger partial charge in [-0.05, 0) is 24.2 Å². The van der Waals surface area contributed by atoms with E-state index in [-0.39, 0.29) is 0 Å². The van der Waals surface area contributed by atoms with Gasteiger partial charge < -0.3 is 0 Å². The number of hydrogen-bond donors (Lipinski definition) is 0. The normalized spacial score (nSPS) is 21.2. The average Bonchev–Trinajstić information content (AvgIpc) is 2.18. The summed E-state index contributed by atoms with van der Waals surface area (Å²) in [4.78, 5) is 0. The summed E-state index contributed by atoms with van der Waals surface area (Å²) in [6.07, 6.45) is 10.2. The maximum atomic E-state index is 2.49. The SMILES string of the molecule is CCC(C)(CC)C1CCCCC1. The highest BCUT2D eigenvalue weighted by atomic mass is 14.4. The standard InChI is InChI=1S/C12H24/c1-4-12(3,5-2)11-9-7-6-8-10-11/h11H,4-10H2,1-3H3. The van der Waals surface area contributed by atoms with Gasteiger partial charge in [-0.3, -0.25) is 0 Å². The third kappa shape index (κ3) is 2.02. The molecule has 1 aliphatic carbocycles. The molecule has 0 heterocycles. The van der Waals surface area contributed by atoms with E-state index in [9.17, 15) is 0 Å². The van der Waals surface area contributed by atoms with E-state index in [1.165, 1.54) is 44.9 Å². The van der Waals surface area contributed by atoms with Gasteiger partial charge in [-0.1, -0.05) is 52.9 Å². The van der Waals surface area contributed by atoms with E-state index in [0.29, 0.717) is 5.41 Å². The molecule has 0 aromatic rings. The highest BCUT2D eigenvalue weighted by molar-refractivity contribution is 4.82. The van der Waals surface area contributed by atoms with E-state index >= 15 is 0 Å². The Balaban J connectivity index is 2.51. The number of rotatable bonds is 3. The minimum Gasteiger partial charge on any atom is -0.0649 e. The zero-order chi connectivity index (χ0) is 9.03. The highest BCUT2D eigenvalue weighted by Crippen LogP contribution is 2.42. The molecule has 0 aromatic carbocycles. The zero-order valence-electron chi connectivity index (χ0n) is 9.03. The molecule has 1 fully saturated rings. The molecule has 0 amide bonds. The molecular weight excluding hydrogens is 144 g/mol. The molecule has 0 atom stereocenters. The molecule has 0 aromatic heterocycles. The first kappa shape index (κ1) is 10.1. The summed E-state index contributed by atoms with van der Waals surface area (Å²) in [5, 5.41) is 0. The molecule has 72 valence electrons. The minimum absolute atomic E-state index is 0.653. The van der Waals surface area contributed by atoms with Crippen molar-refractivity contribution >= 4 is 0 Å². The summed E-state index contributed by atoms with van der Waals surface area (Å²) in [5.74, 6) is 1.03. The first-order valence-electron chi connectivity index (χ1n) is 5.73. The maximum Gasteiger partial charge on any atom is -0.0303 e. The van der Waals surface area contributed by atoms with Crippen LogP contribution in [0.2, 0.25) is 0 Å². The molecule has 12 heavy (non-hydrogen) atoms. The van der Waals surface area contributed by atoms with Gasteiger partial charge in [0.1, 0.15) is 0 Å². The largest absolute Gasteiger partial charge is 0.0649 e. The van der Waals surface area contributed by atoms with Gasteiger partial charge in [0.2, 0.25) is 0 Å². The van der Waals surface area contributed by atoms with Crippen molar-refractivity contribution in [1.29, 1.82) is 0 Å². The summed E-state index contributed by atoms with van der Waals surface area (Å²) in [5.41, 5.74) is 0.653. The van der Waals surface area contributed by atoms with Crippen LogP contribution >= 0.6 is 0 Å². The van der Waals surface area contributed by atoms with Gasteiger partial charge in [0.05, 0.1) is 0 Å². The Hall–Kier alpha value is 0. The van der Waals surface area contributed by atoms with Gasteiger partial charge in [0.15, 0.2) is 0 Å². The quantitative estimate of drug-likeness (QED) is 0.586. The van der Waals surface area contributed by atoms with Crippen molar-refractivity contribution in [3.05, 3.63) is 0 Å². The Morgan fingerprint density at radius 2 is 1.50 bits per heavy atom. The Morgan fingerprint density at radius 1 is 1.00 bits per heavy atom. The van der Waals surface area contributed by atoms with Gasteiger partial charge in [-0.2, -0.15) is 0 Å². The van der Waals surface area contributed by atoms with Gasteiger partial charge >= 0.3 is 0 Å².